The van der Waals surface area contributed by atoms with E-state index in [4.69, 9.17) is 4.74 Å². The van der Waals surface area contributed by atoms with Crippen molar-refractivity contribution in [2.24, 2.45) is 0 Å². The summed E-state index contributed by atoms with van der Waals surface area (Å²) in [7, 11) is 0. The molecule has 8 heteroatoms. The highest BCUT2D eigenvalue weighted by Gasteiger charge is 2.20. The molecular formula is C14H24Cl2N4O2. The first-order valence-corrected chi connectivity index (χ1v) is 7.01. The van der Waals surface area contributed by atoms with Gasteiger partial charge in [-0.15, -0.1) is 24.8 Å². The van der Waals surface area contributed by atoms with Gasteiger partial charge in [-0.3, -0.25) is 4.79 Å². The maximum Gasteiger partial charge on any atom is 0.239 e. The lowest BCUT2D eigenvalue weighted by Gasteiger charge is -2.22. The molecule has 1 amide bonds. The van der Waals surface area contributed by atoms with E-state index in [1.807, 2.05) is 25.3 Å². The molecule has 1 aromatic rings. The second-order valence-electron chi connectivity index (χ2n) is 4.87. The summed E-state index contributed by atoms with van der Waals surface area (Å²) in [5, 5.41) is 9.26. The number of amides is 1. The summed E-state index contributed by atoms with van der Waals surface area (Å²) in [5.74, 6) is 0.877. The molecule has 0 aliphatic carbocycles. The summed E-state index contributed by atoms with van der Waals surface area (Å²) in [6, 6.07) is 3.76. The van der Waals surface area contributed by atoms with Crippen LogP contribution in [0.5, 0.6) is 0 Å². The Morgan fingerprint density at radius 2 is 2.23 bits per heavy atom. The minimum absolute atomic E-state index is 0. The van der Waals surface area contributed by atoms with Crippen molar-refractivity contribution in [1.29, 1.82) is 0 Å². The Hall–Kier alpha value is -1.08. The molecule has 1 unspecified atom stereocenters. The number of rotatable bonds is 6. The van der Waals surface area contributed by atoms with Gasteiger partial charge in [0, 0.05) is 25.8 Å². The summed E-state index contributed by atoms with van der Waals surface area (Å²) in [6.07, 6.45) is 2.69. The van der Waals surface area contributed by atoms with Crippen LogP contribution in [0.2, 0.25) is 0 Å². The molecule has 2 heterocycles. The number of anilines is 1. The first kappa shape index (κ1) is 20.9. The Balaban J connectivity index is 0.00000220. The van der Waals surface area contributed by atoms with Gasteiger partial charge in [-0.05, 0) is 25.0 Å². The number of hydrogen-bond acceptors (Lipinski definition) is 5. The van der Waals surface area contributed by atoms with Gasteiger partial charge in [-0.1, -0.05) is 6.07 Å². The number of halogens is 2. The van der Waals surface area contributed by atoms with E-state index >= 15 is 0 Å². The Morgan fingerprint density at radius 1 is 1.41 bits per heavy atom. The van der Waals surface area contributed by atoms with E-state index in [1.54, 1.807) is 0 Å². The lowest BCUT2D eigenvalue weighted by molar-refractivity contribution is -0.125. The van der Waals surface area contributed by atoms with Crippen LogP contribution in [0.1, 0.15) is 12.0 Å². The van der Waals surface area contributed by atoms with Gasteiger partial charge in [0.25, 0.3) is 0 Å². The van der Waals surface area contributed by atoms with Crippen molar-refractivity contribution in [2.75, 3.05) is 38.2 Å². The van der Waals surface area contributed by atoms with Crippen LogP contribution in [0.3, 0.4) is 0 Å². The third kappa shape index (κ3) is 7.26. The molecule has 6 nitrogen and oxygen atoms in total. The van der Waals surface area contributed by atoms with Gasteiger partial charge in [0.05, 0.1) is 13.2 Å². The summed E-state index contributed by atoms with van der Waals surface area (Å²) < 4.78 is 5.25. The molecule has 1 saturated heterocycles. The summed E-state index contributed by atoms with van der Waals surface area (Å²) in [6.45, 7) is 5.31. The van der Waals surface area contributed by atoms with Gasteiger partial charge in [-0.25, -0.2) is 4.98 Å². The Labute approximate surface area is 143 Å². The van der Waals surface area contributed by atoms with Crippen molar-refractivity contribution in [3.05, 3.63) is 23.9 Å². The van der Waals surface area contributed by atoms with E-state index in [1.165, 1.54) is 0 Å². The number of aryl methyl sites for hydroxylation is 1. The molecule has 1 aliphatic rings. The number of carbonyl (C=O) groups excluding carboxylic acids is 1. The molecule has 1 atom stereocenters. The highest BCUT2D eigenvalue weighted by atomic mass is 35.5. The standard InChI is InChI=1S/C14H22N4O2.2ClH/c1-11-3-4-13(18-9-11)16-5-2-6-17-14(19)12-10-20-8-7-15-12;;/h3-4,9,12,15H,2,5-8,10H2,1H3,(H,16,18)(H,17,19);2*1H. The van der Waals surface area contributed by atoms with Crippen LogP contribution in [0.15, 0.2) is 18.3 Å². The van der Waals surface area contributed by atoms with E-state index < -0.39 is 0 Å². The molecule has 126 valence electrons. The molecule has 22 heavy (non-hydrogen) atoms. The van der Waals surface area contributed by atoms with E-state index in [2.05, 4.69) is 20.9 Å². The van der Waals surface area contributed by atoms with Crippen molar-refractivity contribution < 1.29 is 9.53 Å². The fourth-order valence-corrected chi connectivity index (χ4v) is 1.95. The highest BCUT2D eigenvalue weighted by Crippen LogP contribution is 2.03. The van der Waals surface area contributed by atoms with Crippen LogP contribution in [-0.2, 0) is 9.53 Å². The monoisotopic (exact) mass is 350 g/mol. The number of carbonyl (C=O) groups is 1. The van der Waals surface area contributed by atoms with Crippen LogP contribution in [0.25, 0.3) is 0 Å². The van der Waals surface area contributed by atoms with E-state index in [9.17, 15) is 4.79 Å². The Morgan fingerprint density at radius 3 is 2.86 bits per heavy atom. The molecular weight excluding hydrogens is 327 g/mol. The van der Waals surface area contributed by atoms with Gasteiger partial charge < -0.3 is 20.7 Å². The quantitative estimate of drug-likeness (QED) is 0.671. The zero-order chi connectivity index (χ0) is 14.2. The zero-order valence-electron chi connectivity index (χ0n) is 12.6. The van der Waals surface area contributed by atoms with Gasteiger partial charge in [-0.2, -0.15) is 0 Å². The van der Waals surface area contributed by atoms with Crippen LogP contribution in [0, 0.1) is 6.92 Å². The summed E-state index contributed by atoms with van der Waals surface area (Å²) in [4.78, 5) is 16.0. The maximum atomic E-state index is 11.8. The summed E-state index contributed by atoms with van der Waals surface area (Å²) in [5.41, 5.74) is 1.14. The van der Waals surface area contributed by atoms with Crippen LogP contribution in [-0.4, -0.2) is 49.8 Å². The smallest absolute Gasteiger partial charge is 0.239 e. The van der Waals surface area contributed by atoms with Crippen LogP contribution >= 0.6 is 24.8 Å². The van der Waals surface area contributed by atoms with E-state index in [0.717, 1.165) is 30.9 Å². The van der Waals surface area contributed by atoms with E-state index in [-0.39, 0.29) is 36.8 Å². The molecule has 0 bridgehead atoms. The largest absolute Gasteiger partial charge is 0.378 e. The third-order valence-electron chi connectivity index (χ3n) is 3.11. The van der Waals surface area contributed by atoms with Crippen LogP contribution < -0.4 is 16.0 Å². The molecule has 3 N–H and O–H groups in total. The third-order valence-corrected chi connectivity index (χ3v) is 3.11. The second kappa shape index (κ2) is 11.5. The second-order valence-corrected chi connectivity index (χ2v) is 4.87. The SMILES string of the molecule is Cc1ccc(NCCCNC(=O)C2COCCN2)nc1.Cl.Cl. The number of pyridine rings is 1. The average molecular weight is 351 g/mol. The molecule has 0 aromatic carbocycles. The topological polar surface area (TPSA) is 75.3 Å². The molecule has 0 radical (unpaired) electrons. The van der Waals surface area contributed by atoms with Gasteiger partial charge in [0.15, 0.2) is 0 Å². The normalized spacial score (nSPS) is 16.9. The summed E-state index contributed by atoms with van der Waals surface area (Å²) >= 11 is 0. The average Bonchev–Trinajstić information content (AvgIpc) is 2.49. The number of hydrogen-bond donors (Lipinski definition) is 3. The predicted octanol–water partition coefficient (Wildman–Crippen LogP) is 1.14. The lowest BCUT2D eigenvalue weighted by Crippen LogP contribution is -2.51. The maximum absolute atomic E-state index is 11.8. The number of aromatic nitrogens is 1. The fourth-order valence-electron chi connectivity index (χ4n) is 1.95. The Bertz CT molecular complexity index is 425. The number of nitrogens with zero attached hydrogens (tertiary/aromatic N) is 1. The first-order chi connectivity index (χ1) is 9.75. The van der Waals surface area contributed by atoms with E-state index in [0.29, 0.717) is 19.8 Å². The number of ether oxygens (including phenoxy) is 1. The van der Waals surface area contributed by atoms with Crippen molar-refractivity contribution in [2.45, 2.75) is 19.4 Å². The molecule has 1 aliphatic heterocycles. The molecule has 1 fully saturated rings. The highest BCUT2D eigenvalue weighted by molar-refractivity contribution is 5.85. The lowest BCUT2D eigenvalue weighted by atomic mass is 10.2. The zero-order valence-corrected chi connectivity index (χ0v) is 14.3. The molecule has 2 rings (SSSR count). The minimum Gasteiger partial charge on any atom is -0.378 e. The Kier molecular flexibility index (Phi) is 10.9. The number of morpholine rings is 1. The molecule has 0 saturated carbocycles. The minimum atomic E-state index is -0.213. The fraction of sp³-hybridized carbons (Fsp3) is 0.571. The predicted molar refractivity (Wildman–Crippen MR) is 92.2 cm³/mol. The van der Waals surface area contributed by atoms with Gasteiger partial charge in [0.2, 0.25) is 5.91 Å². The van der Waals surface area contributed by atoms with Crippen molar-refractivity contribution in [1.82, 2.24) is 15.6 Å². The molecule has 0 spiro atoms. The van der Waals surface area contributed by atoms with Crippen molar-refractivity contribution in [3.8, 4) is 0 Å². The van der Waals surface area contributed by atoms with Crippen molar-refractivity contribution in [3.63, 3.8) is 0 Å². The van der Waals surface area contributed by atoms with Gasteiger partial charge >= 0.3 is 0 Å². The van der Waals surface area contributed by atoms with Gasteiger partial charge in [0.1, 0.15) is 11.9 Å². The number of nitrogens with one attached hydrogen (secondary N) is 3. The molecule has 1 aromatic heterocycles. The van der Waals surface area contributed by atoms with Crippen molar-refractivity contribution >= 4 is 36.5 Å². The van der Waals surface area contributed by atoms with Crippen LogP contribution in [0.4, 0.5) is 5.82 Å². The first-order valence-electron chi connectivity index (χ1n) is 7.01.